The van der Waals surface area contributed by atoms with E-state index in [4.69, 9.17) is 15.5 Å². The van der Waals surface area contributed by atoms with E-state index in [2.05, 4.69) is 26.8 Å². The molecule has 0 radical (unpaired) electrons. The van der Waals surface area contributed by atoms with E-state index in [0.29, 0.717) is 24.9 Å². The first-order chi connectivity index (χ1) is 11.6. The molecule has 3 aromatic heterocycles. The van der Waals surface area contributed by atoms with Crippen molar-refractivity contribution in [1.29, 1.82) is 0 Å². The van der Waals surface area contributed by atoms with Gasteiger partial charge in [-0.15, -0.1) is 0 Å². The van der Waals surface area contributed by atoms with E-state index < -0.39 is 0 Å². The van der Waals surface area contributed by atoms with Gasteiger partial charge in [0, 0.05) is 36.0 Å². The quantitative estimate of drug-likeness (QED) is 0.750. The number of nitrogens with two attached hydrogens (primary N) is 1. The number of morpholine rings is 1. The Hall–Kier alpha value is -2.67. The van der Waals surface area contributed by atoms with Gasteiger partial charge in [0.25, 0.3) is 0 Å². The third-order valence-corrected chi connectivity index (χ3v) is 4.39. The number of aromatic nitrogens is 4. The summed E-state index contributed by atoms with van der Waals surface area (Å²) in [6.07, 6.45) is 3.70. The van der Waals surface area contributed by atoms with Gasteiger partial charge in [-0.1, -0.05) is 0 Å². The van der Waals surface area contributed by atoms with Crippen molar-refractivity contribution in [2.45, 2.75) is 19.9 Å². The van der Waals surface area contributed by atoms with E-state index in [-0.39, 0.29) is 6.04 Å². The van der Waals surface area contributed by atoms with Gasteiger partial charge in [0.15, 0.2) is 5.82 Å². The SMILES string of the molecule is Cc1cnc2[nH]ccc2c1-c1nc(N)cc(N2CCOCC2C)n1. The van der Waals surface area contributed by atoms with Crippen LogP contribution in [0.1, 0.15) is 12.5 Å². The van der Waals surface area contributed by atoms with Crippen molar-refractivity contribution in [2.24, 2.45) is 0 Å². The number of rotatable bonds is 2. The van der Waals surface area contributed by atoms with Crippen LogP contribution >= 0.6 is 0 Å². The Balaban J connectivity index is 1.86. The average molecular weight is 324 g/mol. The van der Waals surface area contributed by atoms with Gasteiger partial charge in [-0.05, 0) is 25.5 Å². The lowest BCUT2D eigenvalue weighted by atomic mass is 10.1. The highest BCUT2D eigenvalue weighted by atomic mass is 16.5. The molecular weight excluding hydrogens is 304 g/mol. The maximum absolute atomic E-state index is 6.09. The summed E-state index contributed by atoms with van der Waals surface area (Å²) >= 11 is 0. The van der Waals surface area contributed by atoms with Gasteiger partial charge < -0.3 is 20.4 Å². The maximum atomic E-state index is 6.09. The number of anilines is 2. The molecule has 1 fully saturated rings. The normalized spacial score (nSPS) is 18.2. The molecule has 1 aliphatic rings. The Kier molecular flexibility index (Phi) is 3.57. The van der Waals surface area contributed by atoms with Crippen LogP contribution in [0.4, 0.5) is 11.6 Å². The zero-order valence-electron chi connectivity index (χ0n) is 13.8. The zero-order chi connectivity index (χ0) is 16.7. The molecule has 0 spiro atoms. The smallest absolute Gasteiger partial charge is 0.164 e. The number of hydrogen-bond donors (Lipinski definition) is 2. The minimum Gasteiger partial charge on any atom is -0.384 e. The van der Waals surface area contributed by atoms with Gasteiger partial charge in [-0.2, -0.15) is 0 Å². The topological polar surface area (TPSA) is 93.0 Å². The second-order valence-electron chi connectivity index (χ2n) is 6.15. The molecule has 7 nitrogen and oxygen atoms in total. The van der Waals surface area contributed by atoms with E-state index >= 15 is 0 Å². The first-order valence-corrected chi connectivity index (χ1v) is 8.05. The molecule has 0 aromatic carbocycles. The van der Waals surface area contributed by atoms with E-state index in [1.54, 1.807) is 0 Å². The highest BCUT2D eigenvalue weighted by molar-refractivity contribution is 5.93. The van der Waals surface area contributed by atoms with Crippen LogP contribution in [0.5, 0.6) is 0 Å². The molecule has 0 saturated carbocycles. The molecule has 4 rings (SSSR count). The largest absolute Gasteiger partial charge is 0.384 e. The minimum atomic E-state index is 0.256. The number of aromatic amines is 1. The lowest BCUT2D eigenvalue weighted by Gasteiger charge is -2.34. The number of nitrogens with one attached hydrogen (secondary N) is 1. The summed E-state index contributed by atoms with van der Waals surface area (Å²) in [4.78, 5) is 19.0. The number of ether oxygens (including phenoxy) is 1. The molecule has 1 atom stereocenters. The molecule has 24 heavy (non-hydrogen) atoms. The molecule has 4 heterocycles. The summed E-state index contributed by atoms with van der Waals surface area (Å²) in [5.41, 5.74) is 8.90. The van der Waals surface area contributed by atoms with Crippen LogP contribution in [0.2, 0.25) is 0 Å². The first kappa shape index (κ1) is 14.9. The van der Waals surface area contributed by atoms with Crippen LogP contribution in [0.25, 0.3) is 22.4 Å². The predicted octanol–water partition coefficient (Wildman–Crippen LogP) is 2.14. The third-order valence-electron chi connectivity index (χ3n) is 4.39. The number of nitrogens with zero attached hydrogens (tertiary/aromatic N) is 4. The summed E-state index contributed by atoms with van der Waals surface area (Å²) in [7, 11) is 0. The summed E-state index contributed by atoms with van der Waals surface area (Å²) < 4.78 is 5.52. The number of fused-ring (bicyclic) bond motifs is 1. The highest BCUT2D eigenvalue weighted by Crippen LogP contribution is 2.30. The monoisotopic (exact) mass is 324 g/mol. The summed E-state index contributed by atoms with van der Waals surface area (Å²) in [6.45, 7) is 6.32. The van der Waals surface area contributed by atoms with Crippen molar-refractivity contribution in [3.63, 3.8) is 0 Å². The summed E-state index contributed by atoms with van der Waals surface area (Å²) in [5.74, 6) is 1.94. The van der Waals surface area contributed by atoms with Crippen LogP contribution in [0.3, 0.4) is 0 Å². The lowest BCUT2D eigenvalue weighted by Crippen LogP contribution is -2.44. The number of H-pyrrole nitrogens is 1. The number of aryl methyl sites for hydroxylation is 1. The van der Waals surface area contributed by atoms with Gasteiger partial charge in [0.1, 0.15) is 17.3 Å². The van der Waals surface area contributed by atoms with E-state index in [0.717, 1.165) is 34.5 Å². The standard InChI is InChI=1S/C17H20N6O/c1-10-8-20-16-12(3-4-19-16)15(10)17-21-13(18)7-14(22-17)23-5-6-24-9-11(23)2/h3-4,7-8,11H,5-6,9H2,1-2H3,(H,19,20)(H2,18,21,22). The van der Waals surface area contributed by atoms with Crippen molar-refractivity contribution in [1.82, 2.24) is 19.9 Å². The van der Waals surface area contributed by atoms with Crippen molar-refractivity contribution in [3.05, 3.63) is 30.1 Å². The van der Waals surface area contributed by atoms with Crippen LogP contribution in [0, 0.1) is 6.92 Å². The van der Waals surface area contributed by atoms with Crippen molar-refractivity contribution < 1.29 is 4.74 Å². The predicted molar refractivity (Wildman–Crippen MR) is 93.9 cm³/mol. The molecule has 0 bridgehead atoms. The van der Waals surface area contributed by atoms with Crippen LogP contribution in [0.15, 0.2) is 24.5 Å². The Labute approximate surface area is 139 Å². The highest BCUT2D eigenvalue weighted by Gasteiger charge is 2.22. The molecule has 7 heteroatoms. The van der Waals surface area contributed by atoms with Crippen molar-refractivity contribution in [3.8, 4) is 11.4 Å². The molecule has 1 saturated heterocycles. The molecule has 1 unspecified atom stereocenters. The van der Waals surface area contributed by atoms with Gasteiger partial charge in [-0.3, -0.25) is 0 Å². The molecule has 124 valence electrons. The van der Waals surface area contributed by atoms with Crippen LogP contribution < -0.4 is 10.6 Å². The molecular formula is C17H20N6O. The Bertz CT molecular complexity index is 890. The Morgan fingerprint density at radius 1 is 1.38 bits per heavy atom. The Morgan fingerprint density at radius 3 is 3.08 bits per heavy atom. The van der Waals surface area contributed by atoms with Crippen molar-refractivity contribution in [2.75, 3.05) is 30.4 Å². The molecule has 3 aromatic rings. The van der Waals surface area contributed by atoms with Crippen molar-refractivity contribution >= 4 is 22.7 Å². The van der Waals surface area contributed by atoms with Gasteiger partial charge in [0.2, 0.25) is 0 Å². The van der Waals surface area contributed by atoms with Gasteiger partial charge in [0.05, 0.1) is 19.3 Å². The fourth-order valence-corrected chi connectivity index (χ4v) is 3.18. The maximum Gasteiger partial charge on any atom is 0.164 e. The zero-order valence-corrected chi connectivity index (χ0v) is 13.8. The van der Waals surface area contributed by atoms with E-state index in [9.17, 15) is 0 Å². The van der Waals surface area contributed by atoms with E-state index in [1.807, 2.05) is 31.5 Å². The number of hydrogen-bond acceptors (Lipinski definition) is 6. The molecule has 0 aliphatic carbocycles. The van der Waals surface area contributed by atoms with Gasteiger partial charge >= 0.3 is 0 Å². The summed E-state index contributed by atoms with van der Waals surface area (Å²) in [6, 6.07) is 4.08. The van der Waals surface area contributed by atoms with E-state index in [1.165, 1.54) is 0 Å². The molecule has 3 N–H and O–H groups in total. The fourth-order valence-electron chi connectivity index (χ4n) is 3.18. The second-order valence-corrected chi connectivity index (χ2v) is 6.15. The summed E-state index contributed by atoms with van der Waals surface area (Å²) in [5, 5.41) is 1.00. The number of nitrogen functional groups attached to an aromatic ring is 1. The average Bonchev–Trinajstić information content (AvgIpc) is 3.03. The van der Waals surface area contributed by atoms with Crippen LogP contribution in [-0.2, 0) is 4.74 Å². The Morgan fingerprint density at radius 2 is 2.25 bits per heavy atom. The molecule has 0 amide bonds. The first-order valence-electron chi connectivity index (χ1n) is 8.05. The fraction of sp³-hybridized carbons (Fsp3) is 0.353. The third kappa shape index (κ3) is 2.46. The second kappa shape index (κ2) is 5.76. The lowest BCUT2D eigenvalue weighted by molar-refractivity contribution is 0.0985. The van der Waals surface area contributed by atoms with Crippen LogP contribution in [-0.4, -0.2) is 45.7 Å². The van der Waals surface area contributed by atoms with Gasteiger partial charge in [-0.25, -0.2) is 15.0 Å². The number of pyridine rings is 1. The molecule has 1 aliphatic heterocycles. The minimum absolute atomic E-state index is 0.256.